The van der Waals surface area contributed by atoms with Crippen LogP contribution in [0.15, 0.2) is 54.6 Å². The Morgan fingerprint density at radius 3 is 2.52 bits per heavy atom. The van der Waals surface area contributed by atoms with Crippen LogP contribution in [0, 0.1) is 11.8 Å². The predicted molar refractivity (Wildman–Crippen MR) is 88.9 cm³/mol. The number of benzene rings is 2. The Labute approximate surface area is 128 Å². The fourth-order valence-electron chi connectivity index (χ4n) is 2.31. The summed E-state index contributed by atoms with van der Waals surface area (Å²) in [7, 11) is 0. The van der Waals surface area contributed by atoms with Gasteiger partial charge in [0.25, 0.3) is 0 Å². The smallest absolute Gasteiger partial charge is 0.237 e. The Bertz CT molecular complexity index is 847. The largest absolute Gasteiger partial charge is 0.279 e. The van der Waals surface area contributed by atoms with Gasteiger partial charge in [0.1, 0.15) is 0 Å². The Morgan fingerprint density at radius 2 is 1.76 bits per heavy atom. The normalized spacial score (nSPS) is 10.1. The van der Waals surface area contributed by atoms with Gasteiger partial charge in [-0.3, -0.25) is 4.79 Å². The summed E-state index contributed by atoms with van der Waals surface area (Å²) in [6, 6.07) is 17.6. The van der Waals surface area contributed by atoms with E-state index >= 15 is 0 Å². The van der Waals surface area contributed by atoms with E-state index < -0.39 is 0 Å². The molecular formula is C19H14OS. The lowest BCUT2D eigenvalue weighted by Gasteiger charge is -1.96. The van der Waals surface area contributed by atoms with Crippen molar-refractivity contribution in [2.75, 3.05) is 0 Å². The van der Waals surface area contributed by atoms with Gasteiger partial charge in [-0.2, -0.15) is 0 Å². The van der Waals surface area contributed by atoms with E-state index in [1.165, 1.54) is 0 Å². The molecule has 3 aromatic rings. The molecule has 1 nitrogen and oxygen atoms in total. The summed E-state index contributed by atoms with van der Waals surface area (Å²) in [5, 5.41) is 1.02. The van der Waals surface area contributed by atoms with Crippen LogP contribution in [-0.4, -0.2) is 5.78 Å². The molecule has 0 aliphatic heterocycles. The van der Waals surface area contributed by atoms with Gasteiger partial charge in [0.2, 0.25) is 5.78 Å². The van der Waals surface area contributed by atoms with Gasteiger partial charge in [0.05, 0.1) is 5.56 Å². The standard InChI is InChI=1S/C19H14OS/c1-2-17-19(15-10-6-7-11-18(15)21-17)16(20)13-12-14-8-4-3-5-9-14/h3-11H,2H2,1H3. The predicted octanol–water partition coefficient (Wildman–Crippen LogP) is 4.70. The van der Waals surface area contributed by atoms with Crippen LogP contribution in [0.5, 0.6) is 0 Å². The third-order valence-corrected chi connectivity index (χ3v) is 4.63. The summed E-state index contributed by atoms with van der Waals surface area (Å²) in [6.07, 6.45) is 0.855. The molecule has 0 saturated heterocycles. The molecule has 0 unspecified atom stereocenters. The van der Waals surface area contributed by atoms with Crippen molar-refractivity contribution in [3.8, 4) is 11.8 Å². The molecule has 102 valence electrons. The highest BCUT2D eigenvalue weighted by Gasteiger charge is 2.15. The first kappa shape index (κ1) is 13.6. The number of aryl methyl sites for hydroxylation is 1. The lowest BCUT2D eigenvalue weighted by Crippen LogP contribution is -1.97. The Kier molecular flexibility index (Phi) is 3.85. The Morgan fingerprint density at radius 1 is 1.05 bits per heavy atom. The van der Waals surface area contributed by atoms with Gasteiger partial charge in [-0.15, -0.1) is 11.3 Å². The SMILES string of the molecule is CCc1sc2ccccc2c1C(=O)C#Cc1ccccc1. The fraction of sp³-hybridized carbons (Fsp3) is 0.105. The molecule has 0 radical (unpaired) electrons. The van der Waals surface area contributed by atoms with Crippen LogP contribution in [0.4, 0.5) is 0 Å². The highest BCUT2D eigenvalue weighted by Crippen LogP contribution is 2.31. The van der Waals surface area contributed by atoms with Crippen molar-refractivity contribution in [3.05, 3.63) is 70.6 Å². The van der Waals surface area contributed by atoms with Gasteiger partial charge in [0, 0.05) is 20.5 Å². The first-order valence-corrected chi connectivity index (χ1v) is 7.73. The van der Waals surface area contributed by atoms with E-state index in [0.717, 1.165) is 32.5 Å². The number of fused-ring (bicyclic) bond motifs is 1. The van der Waals surface area contributed by atoms with Crippen molar-refractivity contribution in [1.82, 2.24) is 0 Å². The zero-order valence-corrected chi connectivity index (χ0v) is 12.5. The van der Waals surface area contributed by atoms with E-state index in [1.807, 2.05) is 48.5 Å². The minimum Gasteiger partial charge on any atom is -0.279 e. The molecule has 0 aliphatic carbocycles. The summed E-state index contributed by atoms with van der Waals surface area (Å²) in [5.74, 6) is 5.65. The monoisotopic (exact) mass is 290 g/mol. The summed E-state index contributed by atoms with van der Waals surface area (Å²) in [4.78, 5) is 13.6. The second-order valence-electron chi connectivity index (χ2n) is 4.70. The van der Waals surface area contributed by atoms with E-state index in [-0.39, 0.29) is 5.78 Å². The van der Waals surface area contributed by atoms with Gasteiger partial charge in [-0.1, -0.05) is 49.2 Å². The lowest BCUT2D eigenvalue weighted by atomic mass is 10.1. The minimum absolute atomic E-state index is 0.0897. The van der Waals surface area contributed by atoms with Crippen molar-refractivity contribution < 1.29 is 4.79 Å². The van der Waals surface area contributed by atoms with E-state index in [0.29, 0.717) is 0 Å². The van der Waals surface area contributed by atoms with Crippen LogP contribution in [0.2, 0.25) is 0 Å². The number of rotatable bonds is 2. The van der Waals surface area contributed by atoms with Crippen LogP contribution in [0.25, 0.3) is 10.1 Å². The Hall–Kier alpha value is -2.37. The number of Topliss-reactive ketones (excluding diaryl/α,β-unsaturated/α-hetero) is 1. The highest BCUT2D eigenvalue weighted by molar-refractivity contribution is 7.19. The summed E-state index contributed by atoms with van der Waals surface area (Å²) in [5.41, 5.74) is 1.64. The molecular weight excluding hydrogens is 276 g/mol. The molecule has 0 amide bonds. The number of hydrogen-bond donors (Lipinski definition) is 0. The zero-order chi connectivity index (χ0) is 14.7. The first-order chi connectivity index (χ1) is 10.3. The average Bonchev–Trinajstić information content (AvgIpc) is 2.92. The maximum Gasteiger partial charge on any atom is 0.237 e. The number of thiophene rings is 1. The van der Waals surface area contributed by atoms with Crippen LogP contribution in [0.1, 0.15) is 27.7 Å². The number of carbonyl (C=O) groups is 1. The lowest BCUT2D eigenvalue weighted by molar-refractivity contribution is 0.105. The van der Waals surface area contributed by atoms with E-state index in [9.17, 15) is 4.79 Å². The maximum atomic E-state index is 12.5. The maximum absolute atomic E-state index is 12.5. The Balaban J connectivity index is 2.04. The van der Waals surface area contributed by atoms with Crippen LogP contribution in [0.3, 0.4) is 0 Å². The van der Waals surface area contributed by atoms with Crippen LogP contribution < -0.4 is 0 Å². The molecule has 3 rings (SSSR count). The van der Waals surface area contributed by atoms with Crippen LogP contribution in [-0.2, 0) is 6.42 Å². The molecule has 1 heterocycles. The molecule has 21 heavy (non-hydrogen) atoms. The number of hydrogen-bond acceptors (Lipinski definition) is 2. The van der Waals surface area contributed by atoms with Gasteiger partial charge >= 0.3 is 0 Å². The van der Waals surface area contributed by atoms with Crippen molar-refractivity contribution >= 4 is 27.2 Å². The second-order valence-corrected chi connectivity index (χ2v) is 5.83. The van der Waals surface area contributed by atoms with E-state index in [1.54, 1.807) is 11.3 Å². The molecule has 0 atom stereocenters. The molecule has 1 aromatic heterocycles. The molecule has 0 aliphatic rings. The van der Waals surface area contributed by atoms with Crippen molar-refractivity contribution in [2.45, 2.75) is 13.3 Å². The first-order valence-electron chi connectivity index (χ1n) is 6.91. The van der Waals surface area contributed by atoms with Crippen molar-refractivity contribution in [3.63, 3.8) is 0 Å². The van der Waals surface area contributed by atoms with Gasteiger partial charge in [-0.25, -0.2) is 0 Å². The highest BCUT2D eigenvalue weighted by atomic mass is 32.1. The number of ketones is 1. The summed E-state index contributed by atoms with van der Waals surface area (Å²) >= 11 is 1.69. The van der Waals surface area contributed by atoms with Crippen molar-refractivity contribution in [2.24, 2.45) is 0 Å². The minimum atomic E-state index is -0.0897. The summed E-state index contributed by atoms with van der Waals surface area (Å²) < 4.78 is 1.15. The van der Waals surface area contributed by atoms with Gasteiger partial charge < -0.3 is 0 Å². The third-order valence-electron chi connectivity index (χ3n) is 3.31. The quantitative estimate of drug-likeness (QED) is 0.494. The van der Waals surface area contributed by atoms with E-state index in [4.69, 9.17) is 0 Å². The topological polar surface area (TPSA) is 17.1 Å². The molecule has 0 N–H and O–H groups in total. The molecule has 2 heteroatoms. The molecule has 2 aromatic carbocycles. The van der Waals surface area contributed by atoms with E-state index in [2.05, 4.69) is 24.8 Å². The zero-order valence-electron chi connectivity index (χ0n) is 11.7. The van der Waals surface area contributed by atoms with Crippen LogP contribution >= 0.6 is 11.3 Å². The number of carbonyl (C=O) groups excluding carboxylic acids is 1. The molecule has 0 saturated carbocycles. The van der Waals surface area contributed by atoms with Gasteiger partial charge in [-0.05, 0) is 30.5 Å². The molecule has 0 fully saturated rings. The average molecular weight is 290 g/mol. The summed E-state index contributed by atoms with van der Waals surface area (Å²) in [6.45, 7) is 2.08. The van der Waals surface area contributed by atoms with Gasteiger partial charge in [0.15, 0.2) is 0 Å². The third kappa shape index (κ3) is 2.74. The molecule has 0 bridgehead atoms. The fourth-order valence-corrected chi connectivity index (χ4v) is 3.45. The van der Waals surface area contributed by atoms with Crippen molar-refractivity contribution in [1.29, 1.82) is 0 Å². The second kappa shape index (κ2) is 5.95. The molecule has 0 spiro atoms.